The van der Waals surface area contributed by atoms with E-state index in [1.54, 1.807) is 25.3 Å². The predicted molar refractivity (Wildman–Crippen MR) is 77.1 cm³/mol. The second-order valence-corrected chi connectivity index (χ2v) is 4.81. The third-order valence-corrected chi connectivity index (χ3v) is 3.29. The van der Waals surface area contributed by atoms with Crippen LogP contribution in [0.1, 0.15) is 23.2 Å². The molecular formula is C14H14BrN3O2. The first kappa shape index (κ1) is 16.0. The Labute approximate surface area is 126 Å². The maximum absolute atomic E-state index is 12.4. The monoisotopic (exact) mass is 335 g/mol. The quantitative estimate of drug-likeness (QED) is 0.800. The number of rotatable bonds is 6. The molecule has 1 aromatic rings. The van der Waals surface area contributed by atoms with Gasteiger partial charge < -0.3 is 9.64 Å². The van der Waals surface area contributed by atoms with E-state index in [0.717, 1.165) is 0 Å². The number of carbonyl (C=O) groups is 1. The number of hydrogen-bond acceptors (Lipinski definition) is 4. The van der Waals surface area contributed by atoms with Crippen LogP contribution in [-0.4, -0.2) is 31.0 Å². The van der Waals surface area contributed by atoms with Crippen LogP contribution in [-0.2, 0) is 0 Å². The highest BCUT2D eigenvalue weighted by Gasteiger charge is 2.16. The van der Waals surface area contributed by atoms with E-state index >= 15 is 0 Å². The summed E-state index contributed by atoms with van der Waals surface area (Å²) < 4.78 is 5.80. The molecule has 0 aliphatic heterocycles. The molecule has 0 aliphatic rings. The Hall–Kier alpha value is -2.05. The number of halogens is 1. The molecule has 0 aliphatic carbocycles. The van der Waals surface area contributed by atoms with E-state index in [0.29, 0.717) is 28.9 Å². The molecule has 1 aromatic carbocycles. The number of ether oxygens (including phenoxy) is 1. The minimum absolute atomic E-state index is 0.196. The molecule has 0 aromatic heterocycles. The van der Waals surface area contributed by atoms with Gasteiger partial charge in [-0.25, -0.2) is 0 Å². The summed E-state index contributed by atoms with van der Waals surface area (Å²) in [7, 11) is 1.55. The Kier molecular flexibility index (Phi) is 6.55. The fourth-order valence-electron chi connectivity index (χ4n) is 1.67. The highest BCUT2D eigenvalue weighted by molar-refractivity contribution is 9.10. The van der Waals surface area contributed by atoms with Crippen LogP contribution in [0.4, 0.5) is 0 Å². The van der Waals surface area contributed by atoms with Crippen molar-refractivity contribution >= 4 is 21.8 Å². The van der Waals surface area contributed by atoms with Crippen molar-refractivity contribution in [2.45, 2.75) is 12.8 Å². The van der Waals surface area contributed by atoms with Gasteiger partial charge in [0.25, 0.3) is 5.91 Å². The first-order chi connectivity index (χ1) is 9.63. The zero-order valence-corrected chi connectivity index (χ0v) is 12.7. The molecule has 104 valence electrons. The van der Waals surface area contributed by atoms with Crippen molar-refractivity contribution < 1.29 is 9.53 Å². The molecule has 1 amide bonds. The molecule has 6 heteroatoms. The number of hydrogen-bond donors (Lipinski definition) is 0. The molecular weight excluding hydrogens is 322 g/mol. The summed E-state index contributed by atoms with van der Waals surface area (Å²) in [6.45, 7) is 0.640. The number of nitrogens with zero attached hydrogens (tertiary/aromatic N) is 3. The van der Waals surface area contributed by atoms with Crippen LogP contribution in [0.25, 0.3) is 0 Å². The van der Waals surface area contributed by atoms with Crippen molar-refractivity contribution in [2.24, 2.45) is 0 Å². The number of methoxy groups -OCH3 is 1. The van der Waals surface area contributed by atoms with E-state index in [9.17, 15) is 4.79 Å². The molecule has 0 unspecified atom stereocenters. The Morgan fingerprint density at radius 2 is 1.90 bits per heavy atom. The lowest BCUT2D eigenvalue weighted by Gasteiger charge is -2.20. The molecule has 0 atom stereocenters. The lowest BCUT2D eigenvalue weighted by molar-refractivity contribution is 0.0762. The minimum atomic E-state index is -0.196. The number of nitriles is 2. The largest absolute Gasteiger partial charge is 0.496 e. The van der Waals surface area contributed by atoms with Crippen molar-refractivity contribution in [2.75, 3.05) is 20.2 Å². The third-order valence-electron chi connectivity index (χ3n) is 2.67. The Morgan fingerprint density at radius 3 is 2.35 bits per heavy atom. The SMILES string of the molecule is COc1ccc(C(=O)N(CCC#N)CCC#N)cc1Br. The van der Waals surface area contributed by atoms with Crippen molar-refractivity contribution in [3.63, 3.8) is 0 Å². The van der Waals surface area contributed by atoms with Gasteiger partial charge in [-0.3, -0.25) is 4.79 Å². The predicted octanol–water partition coefficient (Wildman–Crippen LogP) is 2.73. The van der Waals surface area contributed by atoms with Gasteiger partial charge in [-0.15, -0.1) is 0 Å². The molecule has 0 bridgehead atoms. The molecule has 0 heterocycles. The van der Waals surface area contributed by atoms with Crippen LogP contribution in [0.3, 0.4) is 0 Å². The lowest BCUT2D eigenvalue weighted by atomic mass is 10.2. The van der Waals surface area contributed by atoms with Crippen LogP contribution in [0.2, 0.25) is 0 Å². The first-order valence-electron chi connectivity index (χ1n) is 6.00. The standard InChI is InChI=1S/C14H14BrN3O2/c1-20-13-5-4-11(10-12(13)15)14(19)18(8-2-6-16)9-3-7-17/h4-5,10H,2-3,8-9H2,1H3. The Balaban J connectivity index is 2.91. The number of carbonyl (C=O) groups excluding carboxylic acids is 1. The molecule has 0 spiro atoms. The molecule has 0 fully saturated rings. The fourth-order valence-corrected chi connectivity index (χ4v) is 2.21. The summed E-state index contributed by atoms with van der Waals surface area (Å²) >= 11 is 3.33. The van der Waals surface area contributed by atoms with E-state index in [2.05, 4.69) is 15.9 Å². The van der Waals surface area contributed by atoms with Gasteiger partial charge in [0.05, 0.1) is 36.6 Å². The maximum Gasteiger partial charge on any atom is 0.253 e. The topological polar surface area (TPSA) is 77.1 Å². The Bertz CT molecular complexity index is 543. The zero-order valence-electron chi connectivity index (χ0n) is 11.1. The van der Waals surface area contributed by atoms with Crippen molar-refractivity contribution in [1.29, 1.82) is 10.5 Å². The summed E-state index contributed by atoms with van der Waals surface area (Å²) in [5, 5.41) is 17.3. The van der Waals surface area contributed by atoms with Crippen molar-refractivity contribution in [3.8, 4) is 17.9 Å². The van der Waals surface area contributed by atoms with Gasteiger partial charge in [0.1, 0.15) is 5.75 Å². The summed E-state index contributed by atoms with van der Waals surface area (Å²) in [6.07, 6.45) is 0.489. The molecule has 20 heavy (non-hydrogen) atoms. The normalized spacial score (nSPS) is 9.40. The second-order valence-electron chi connectivity index (χ2n) is 3.96. The molecule has 0 N–H and O–H groups in total. The Morgan fingerprint density at radius 1 is 1.30 bits per heavy atom. The minimum Gasteiger partial charge on any atom is -0.496 e. The molecule has 0 saturated heterocycles. The van der Waals surface area contributed by atoms with Gasteiger partial charge in [-0.05, 0) is 34.1 Å². The van der Waals surface area contributed by atoms with Crippen LogP contribution < -0.4 is 4.74 Å². The van der Waals surface area contributed by atoms with Crippen LogP contribution in [0.15, 0.2) is 22.7 Å². The highest BCUT2D eigenvalue weighted by atomic mass is 79.9. The van der Waals surface area contributed by atoms with Gasteiger partial charge in [-0.2, -0.15) is 10.5 Å². The number of benzene rings is 1. The van der Waals surface area contributed by atoms with Gasteiger partial charge >= 0.3 is 0 Å². The van der Waals surface area contributed by atoms with E-state index in [-0.39, 0.29) is 18.7 Å². The van der Waals surface area contributed by atoms with E-state index in [1.807, 2.05) is 12.1 Å². The smallest absolute Gasteiger partial charge is 0.253 e. The number of amides is 1. The van der Waals surface area contributed by atoms with Gasteiger partial charge in [0, 0.05) is 18.7 Å². The van der Waals surface area contributed by atoms with Gasteiger partial charge in [0.15, 0.2) is 0 Å². The highest BCUT2D eigenvalue weighted by Crippen LogP contribution is 2.26. The third kappa shape index (κ3) is 4.25. The van der Waals surface area contributed by atoms with E-state index < -0.39 is 0 Å². The van der Waals surface area contributed by atoms with E-state index in [4.69, 9.17) is 15.3 Å². The van der Waals surface area contributed by atoms with Crippen molar-refractivity contribution in [3.05, 3.63) is 28.2 Å². The fraction of sp³-hybridized carbons (Fsp3) is 0.357. The second kappa shape index (κ2) is 8.19. The molecule has 0 saturated carbocycles. The molecule has 0 radical (unpaired) electrons. The zero-order chi connectivity index (χ0) is 15.0. The van der Waals surface area contributed by atoms with Crippen LogP contribution in [0, 0.1) is 22.7 Å². The van der Waals surface area contributed by atoms with Crippen LogP contribution >= 0.6 is 15.9 Å². The average Bonchev–Trinajstić information content (AvgIpc) is 2.46. The van der Waals surface area contributed by atoms with Gasteiger partial charge in [0.2, 0.25) is 0 Å². The summed E-state index contributed by atoms with van der Waals surface area (Å²) in [5.41, 5.74) is 0.494. The first-order valence-corrected chi connectivity index (χ1v) is 6.80. The molecule has 1 rings (SSSR count). The van der Waals surface area contributed by atoms with Gasteiger partial charge in [-0.1, -0.05) is 0 Å². The lowest BCUT2D eigenvalue weighted by Crippen LogP contribution is -2.32. The maximum atomic E-state index is 12.4. The van der Waals surface area contributed by atoms with E-state index in [1.165, 1.54) is 4.90 Å². The molecule has 5 nitrogen and oxygen atoms in total. The summed E-state index contributed by atoms with van der Waals surface area (Å²) in [4.78, 5) is 13.9. The van der Waals surface area contributed by atoms with Crippen molar-refractivity contribution in [1.82, 2.24) is 4.90 Å². The summed E-state index contributed by atoms with van der Waals surface area (Å²) in [5.74, 6) is 0.445. The summed E-state index contributed by atoms with van der Waals surface area (Å²) in [6, 6.07) is 9.05. The average molecular weight is 336 g/mol. The van der Waals surface area contributed by atoms with Crippen LogP contribution in [0.5, 0.6) is 5.75 Å².